The normalized spacial score (nSPS) is 15.8. The van der Waals surface area contributed by atoms with Crippen LogP contribution in [0.2, 0.25) is 0 Å². The molecule has 0 unspecified atom stereocenters. The third-order valence-electron chi connectivity index (χ3n) is 5.23. The average Bonchev–Trinajstić information content (AvgIpc) is 2.66. The molecule has 0 spiro atoms. The average molecular weight is 380 g/mol. The second kappa shape index (κ2) is 8.91. The van der Waals surface area contributed by atoms with Gasteiger partial charge in [-0.25, -0.2) is 4.79 Å². The van der Waals surface area contributed by atoms with Gasteiger partial charge in [-0.15, -0.1) is 0 Å². The van der Waals surface area contributed by atoms with Crippen LogP contribution in [0.3, 0.4) is 0 Å². The number of hydrogen-bond acceptors (Lipinski definition) is 2. The molecule has 2 aromatic rings. The Bertz CT molecular complexity index is 807. The lowest BCUT2D eigenvalue weighted by Gasteiger charge is -2.33. The largest absolute Gasteiger partial charge is 0.341 e. The van der Waals surface area contributed by atoms with Crippen molar-refractivity contribution in [3.05, 3.63) is 65.2 Å². The summed E-state index contributed by atoms with van der Waals surface area (Å²) in [6.07, 6.45) is 2.00. The minimum atomic E-state index is -0.694. The van der Waals surface area contributed by atoms with Crippen LogP contribution >= 0.6 is 0 Å². The molecule has 3 rings (SSSR count). The molecule has 1 aliphatic rings. The van der Waals surface area contributed by atoms with Crippen molar-refractivity contribution in [2.24, 2.45) is 5.92 Å². The van der Waals surface area contributed by atoms with E-state index in [0.717, 1.165) is 48.3 Å². The number of rotatable bonds is 4. The van der Waals surface area contributed by atoms with Gasteiger partial charge in [0.25, 0.3) is 0 Å². The Morgan fingerprint density at radius 2 is 1.61 bits per heavy atom. The van der Waals surface area contributed by atoms with Crippen molar-refractivity contribution in [3.63, 3.8) is 0 Å². The number of benzene rings is 2. The van der Waals surface area contributed by atoms with E-state index in [9.17, 15) is 9.59 Å². The highest BCUT2D eigenvalue weighted by Crippen LogP contribution is 2.22. The minimum Gasteiger partial charge on any atom is -0.341 e. The Morgan fingerprint density at radius 1 is 1.00 bits per heavy atom. The molecule has 0 aliphatic carbocycles. The molecule has 2 N–H and O–H groups in total. The first kappa shape index (κ1) is 19.9. The molecule has 148 valence electrons. The maximum Gasteiger partial charge on any atom is 0.320 e. The van der Waals surface area contributed by atoms with Crippen molar-refractivity contribution >= 4 is 17.6 Å². The van der Waals surface area contributed by atoms with Crippen LogP contribution in [0.1, 0.15) is 42.5 Å². The lowest BCUT2D eigenvalue weighted by Crippen LogP contribution is -2.46. The summed E-state index contributed by atoms with van der Waals surface area (Å²) in [5.74, 6) is 0.591. The summed E-state index contributed by atoms with van der Waals surface area (Å²) in [5, 5.41) is 5.76. The van der Waals surface area contributed by atoms with E-state index in [4.69, 9.17) is 0 Å². The zero-order valence-corrected chi connectivity index (χ0v) is 16.9. The van der Waals surface area contributed by atoms with Crippen LogP contribution in [-0.4, -0.2) is 29.9 Å². The van der Waals surface area contributed by atoms with Gasteiger partial charge in [0.2, 0.25) is 5.91 Å². The molecular weight excluding hydrogens is 350 g/mol. The SMILES string of the molecule is Cc1cc(C)cc(NC(=O)N[C@H](C(=O)N2CCC(C)CC2)c2ccccc2)c1. The zero-order valence-electron chi connectivity index (χ0n) is 16.9. The number of urea groups is 1. The fraction of sp³-hybridized carbons (Fsp3) is 0.391. The summed E-state index contributed by atoms with van der Waals surface area (Å²) in [7, 11) is 0. The number of likely N-dealkylation sites (tertiary alicyclic amines) is 1. The molecule has 5 heteroatoms. The van der Waals surface area contributed by atoms with E-state index in [0.29, 0.717) is 5.92 Å². The van der Waals surface area contributed by atoms with E-state index in [2.05, 4.69) is 23.6 Å². The summed E-state index contributed by atoms with van der Waals surface area (Å²) < 4.78 is 0. The molecule has 0 aromatic heterocycles. The molecule has 0 radical (unpaired) electrons. The van der Waals surface area contributed by atoms with Gasteiger partial charge in [-0.1, -0.05) is 43.3 Å². The van der Waals surface area contributed by atoms with Gasteiger partial charge in [0.1, 0.15) is 6.04 Å². The van der Waals surface area contributed by atoms with Crippen molar-refractivity contribution in [1.29, 1.82) is 0 Å². The first-order valence-electron chi connectivity index (χ1n) is 9.92. The fourth-order valence-electron chi connectivity index (χ4n) is 3.69. The van der Waals surface area contributed by atoms with Crippen molar-refractivity contribution in [1.82, 2.24) is 10.2 Å². The number of aryl methyl sites for hydroxylation is 2. The predicted octanol–water partition coefficient (Wildman–Crippen LogP) is 4.42. The molecule has 1 saturated heterocycles. The molecule has 3 amide bonds. The Labute approximate surface area is 167 Å². The van der Waals surface area contributed by atoms with E-state index in [1.807, 2.05) is 61.2 Å². The highest BCUT2D eigenvalue weighted by molar-refractivity contribution is 5.94. The predicted molar refractivity (Wildman–Crippen MR) is 112 cm³/mol. The summed E-state index contributed by atoms with van der Waals surface area (Å²) in [6, 6.07) is 14.3. The van der Waals surface area contributed by atoms with E-state index in [1.165, 1.54) is 0 Å². The van der Waals surface area contributed by atoms with Crippen LogP contribution in [0.25, 0.3) is 0 Å². The Hall–Kier alpha value is -2.82. The third kappa shape index (κ3) is 5.12. The van der Waals surface area contributed by atoms with Crippen molar-refractivity contribution in [3.8, 4) is 0 Å². The summed E-state index contributed by atoms with van der Waals surface area (Å²) in [6.45, 7) is 7.67. The molecule has 2 aromatic carbocycles. The molecular formula is C23H29N3O2. The lowest BCUT2D eigenvalue weighted by atomic mass is 9.97. The molecule has 28 heavy (non-hydrogen) atoms. The van der Waals surface area contributed by atoms with Crippen molar-refractivity contribution in [2.75, 3.05) is 18.4 Å². The number of nitrogens with zero attached hydrogens (tertiary/aromatic N) is 1. The summed E-state index contributed by atoms with van der Waals surface area (Å²) in [5.41, 5.74) is 3.67. The fourth-order valence-corrected chi connectivity index (χ4v) is 3.69. The quantitative estimate of drug-likeness (QED) is 0.826. The second-order valence-corrected chi connectivity index (χ2v) is 7.83. The molecule has 5 nitrogen and oxygen atoms in total. The molecule has 1 heterocycles. The number of carbonyl (C=O) groups excluding carboxylic acids is 2. The number of hydrogen-bond donors (Lipinski definition) is 2. The van der Waals surface area contributed by atoms with E-state index >= 15 is 0 Å². The highest BCUT2D eigenvalue weighted by atomic mass is 16.2. The first-order valence-corrected chi connectivity index (χ1v) is 9.92. The zero-order chi connectivity index (χ0) is 20.1. The summed E-state index contributed by atoms with van der Waals surface area (Å²) in [4.78, 5) is 27.7. The van der Waals surface area contributed by atoms with E-state index < -0.39 is 6.04 Å². The highest BCUT2D eigenvalue weighted by Gasteiger charge is 2.29. The number of carbonyl (C=O) groups is 2. The maximum absolute atomic E-state index is 13.2. The van der Waals surface area contributed by atoms with Crippen LogP contribution in [0.15, 0.2) is 48.5 Å². The van der Waals surface area contributed by atoms with E-state index in [1.54, 1.807) is 0 Å². The lowest BCUT2D eigenvalue weighted by molar-refractivity contribution is -0.134. The van der Waals surface area contributed by atoms with Crippen LogP contribution < -0.4 is 10.6 Å². The van der Waals surface area contributed by atoms with Crippen LogP contribution in [0, 0.1) is 19.8 Å². The van der Waals surface area contributed by atoms with Gasteiger partial charge in [-0.3, -0.25) is 4.79 Å². The number of piperidine rings is 1. The maximum atomic E-state index is 13.2. The van der Waals surface area contributed by atoms with E-state index in [-0.39, 0.29) is 11.9 Å². The monoisotopic (exact) mass is 379 g/mol. The van der Waals surface area contributed by atoms with Gasteiger partial charge in [-0.2, -0.15) is 0 Å². The van der Waals surface area contributed by atoms with Crippen LogP contribution in [0.5, 0.6) is 0 Å². The molecule has 1 aliphatic heterocycles. The Morgan fingerprint density at radius 3 is 2.21 bits per heavy atom. The molecule has 0 bridgehead atoms. The van der Waals surface area contributed by atoms with Crippen molar-refractivity contribution < 1.29 is 9.59 Å². The second-order valence-electron chi connectivity index (χ2n) is 7.83. The van der Waals surface area contributed by atoms with Gasteiger partial charge in [-0.05, 0) is 61.4 Å². The number of nitrogens with one attached hydrogen (secondary N) is 2. The van der Waals surface area contributed by atoms with Gasteiger partial charge in [0.15, 0.2) is 0 Å². The number of anilines is 1. The molecule has 1 atom stereocenters. The van der Waals surface area contributed by atoms with Crippen LogP contribution in [-0.2, 0) is 4.79 Å². The van der Waals surface area contributed by atoms with Gasteiger partial charge in [0, 0.05) is 18.8 Å². The first-order chi connectivity index (χ1) is 13.4. The third-order valence-corrected chi connectivity index (χ3v) is 5.23. The van der Waals surface area contributed by atoms with Gasteiger partial charge in [0.05, 0.1) is 0 Å². The van der Waals surface area contributed by atoms with Crippen LogP contribution in [0.4, 0.5) is 10.5 Å². The van der Waals surface area contributed by atoms with Gasteiger partial charge < -0.3 is 15.5 Å². The Balaban J connectivity index is 1.75. The standard InChI is InChI=1S/C23H29N3O2/c1-16-9-11-26(12-10-16)22(27)21(19-7-5-4-6-8-19)25-23(28)24-20-14-17(2)13-18(3)15-20/h4-8,13-16,21H,9-12H2,1-3H3,(H2,24,25,28)/t21-/m0/s1. The molecule has 1 fully saturated rings. The van der Waals surface area contributed by atoms with Crippen molar-refractivity contribution in [2.45, 2.75) is 39.7 Å². The summed E-state index contributed by atoms with van der Waals surface area (Å²) >= 11 is 0. The minimum absolute atomic E-state index is 0.0475. The topological polar surface area (TPSA) is 61.4 Å². The number of amides is 3. The smallest absolute Gasteiger partial charge is 0.320 e. The van der Waals surface area contributed by atoms with Gasteiger partial charge >= 0.3 is 6.03 Å². The Kier molecular flexibility index (Phi) is 6.34. The molecule has 0 saturated carbocycles.